The summed E-state index contributed by atoms with van der Waals surface area (Å²) < 4.78 is 18.8. The van der Waals surface area contributed by atoms with E-state index in [-0.39, 0.29) is 17.6 Å². The summed E-state index contributed by atoms with van der Waals surface area (Å²) in [5, 5.41) is 0. The van der Waals surface area contributed by atoms with Crippen molar-refractivity contribution in [1.82, 2.24) is 0 Å². The van der Waals surface area contributed by atoms with E-state index in [1.165, 1.54) is 12.5 Å². The lowest BCUT2D eigenvalue weighted by Crippen LogP contribution is -2.21. The molecule has 1 saturated heterocycles. The number of hydrogen-bond acceptors (Lipinski definition) is 2. The minimum absolute atomic E-state index is 0.211. The third kappa shape index (κ3) is 2.48. The van der Waals surface area contributed by atoms with Gasteiger partial charge < -0.3 is 10.5 Å². The lowest BCUT2D eigenvalue weighted by Gasteiger charge is -2.23. The van der Waals surface area contributed by atoms with Crippen molar-refractivity contribution in [1.29, 1.82) is 0 Å². The number of benzene rings is 1. The Morgan fingerprint density at radius 1 is 1.40 bits per heavy atom. The quantitative estimate of drug-likeness (QED) is 0.759. The van der Waals surface area contributed by atoms with Crippen LogP contribution in [0.4, 0.5) is 10.1 Å². The summed E-state index contributed by atoms with van der Waals surface area (Å²) in [4.78, 5) is 0. The molecule has 1 aromatic rings. The van der Waals surface area contributed by atoms with Gasteiger partial charge in [-0.05, 0) is 30.9 Å². The molecule has 2 rings (SSSR count). The van der Waals surface area contributed by atoms with Crippen LogP contribution in [0.15, 0.2) is 18.2 Å². The van der Waals surface area contributed by atoms with Crippen molar-refractivity contribution < 1.29 is 9.13 Å². The average Bonchev–Trinajstić information content (AvgIpc) is 2.26. The standard InChI is InChI=1S/C12H16FNO/c13-11-6-3-4-9(12(11)14)8-10-5-1-2-7-15-10/h3-4,6,10H,1-2,5,7-8,14H2. The van der Waals surface area contributed by atoms with Crippen molar-refractivity contribution >= 4 is 5.69 Å². The van der Waals surface area contributed by atoms with Crippen LogP contribution < -0.4 is 5.73 Å². The number of hydrogen-bond donors (Lipinski definition) is 1. The first-order valence-electron chi connectivity index (χ1n) is 5.42. The predicted octanol–water partition coefficient (Wildman–Crippen LogP) is 2.52. The summed E-state index contributed by atoms with van der Waals surface area (Å²) in [5.41, 5.74) is 6.80. The molecule has 3 heteroatoms. The first-order chi connectivity index (χ1) is 7.27. The van der Waals surface area contributed by atoms with Gasteiger partial charge in [0.05, 0.1) is 11.8 Å². The van der Waals surface area contributed by atoms with E-state index in [1.807, 2.05) is 6.07 Å². The molecule has 2 nitrogen and oxygen atoms in total. The molecule has 1 unspecified atom stereocenters. The lowest BCUT2D eigenvalue weighted by molar-refractivity contribution is 0.0168. The molecule has 1 aliphatic rings. The van der Waals surface area contributed by atoms with Crippen molar-refractivity contribution in [2.45, 2.75) is 31.8 Å². The molecule has 1 heterocycles. The molecule has 1 aliphatic heterocycles. The van der Waals surface area contributed by atoms with Crippen LogP contribution in [0.3, 0.4) is 0 Å². The second-order valence-corrected chi connectivity index (χ2v) is 4.01. The maximum absolute atomic E-state index is 13.2. The molecule has 1 atom stereocenters. The zero-order valence-electron chi connectivity index (χ0n) is 8.71. The highest BCUT2D eigenvalue weighted by atomic mass is 19.1. The SMILES string of the molecule is Nc1c(F)cccc1CC1CCCCO1. The molecule has 0 radical (unpaired) electrons. The average molecular weight is 209 g/mol. The van der Waals surface area contributed by atoms with E-state index in [0.29, 0.717) is 0 Å². The summed E-state index contributed by atoms with van der Waals surface area (Å²) in [5.74, 6) is -0.330. The summed E-state index contributed by atoms with van der Waals surface area (Å²) in [6, 6.07) is 4.96. The Balaban J connectivity index is 2.06. The Kier molecular flexibility index (Phi) is 3.21. The predicted molar refractivity (Wildman–Crippen MR) is 58.1 cm³/mol. The molecule has 2 N–H and O–H groups in total. The second kappa shape index (κ2) is 4.62. The fourth-order valence-electron chi connectivity index (χ4n) is 1.97. The molecule has 0 amide bonds. The van der Waals surface area contributed by atoms with Gasteiger partial charge in [0, 0.05) is 13.0 Å². The maximum atomic E-state index is 13.2. The van der Waals surface area contributed by atoms with E-state index in [4.69, 9.17) is 10.5 Å². The van der Waals surface area contributed by atoms with Crippen LogP contribution in [0, 0.1) is 5.82 Å². The molecule has 1 aromatic carbocycles. The van der Waals surface area contributed by atoms with Crippen molar-refractivity contribution in [2.24, 2.45) is 0 Å². The summed E-state index contributed by atoms with van der Waals surface area (Å²) in [7, 11) is 0. The highest BCUT2D eigenvalue weighted by molar-refractivity contribution is 5.48. The van der Waals surface area contributed by atoms with Gasteiger partial charge in [-0.15, -0.1) is 0 Å². The molecule has 1 fully saturated rings. The number of anilines is 1. The fraction of sp³-hybridized carbons (Fsp3) is 0.500. The summed E-state index contributed by atoms with van der Waals surface area (Å²) in [6.45, 7) is 0.819. The van der Waals surface area contributed by atoms with Gasteiger partial charge in [0.25, 0.3) is 0 Å². The number of rotatable bonds is 2. The minimum atomic E-state index is -0.330. The van der Waals surface area contributed by atoms with Crippen molar-refractivity contribution in [3.05, 3.63) is 29.6 Å². The summed E-state index contributed by atoms with van der Waals surface area (Å²) in [6.07, 6.45) is 4.32. The Morgan fingerprint density at radius 2 is 2.27 bits per heavy atom. The van der Waals surface area contributed by atoms with Gasteiger partial charge in [0.2, 0.25) is 0 Å². The van der Waals surface area contributed by atoms with Gasteiger partial charge in [0.1, 0.15) is 5.82 Å². The van der Waals surface area contributed by atoms with E-state index in [0.717, 1.165) is 31.4 Å². The van der Waals surface area contributed by atoms with E-state index in [2.05, 4.69) is 0 Å². The lowest BCUT2D eigenvalue weighted by atomic mass is 10.00. The smallest absolute Gasteiger partial charge is 0.146 e. The van der Waals surface area contributed by atoms with Crippen LogP contribution in [0.25, 0.3) is 0 Å². The van der Waals surface area contributed by atoms with Crippen LogP contribution >= 0.6 is 0 Å². The van der Waals surface area contributed by atoms with Crippen LogP contribution in [-0.2, 0) is 11.2 Å². The highest BCUT2D eigenvalue weighted by Gasteiger charge is 2.16. The van der Waals surface area contributed by atoms with Crippen LogP contribution in [0.2, 0.25) is 0 Å². The van der Waals surface area contributed by atoms with Crippen LogP contribution in [-0.4, -0.2) is 12.7 Å². The first kappa shape index (κ1) is 10.4. The zero-order chi connectivity index (χ0) is 10.7. The number of ether oxygens (including phenoxy) is 1. The van der Waals surface area contributed by atoms with Gasteiger partial charge in [-0.1, -0.05) is 12.1 Å². The second-order valence-electron chi connectivity index (χ2n) is 4.01. The molecule has 0 spiro atoms. The van der Waals surface area contributed by atoms with Gasteiger partial charge in [-0.2, -0.15) is 0 Å². The third-order valence-electron chi connectivity index (χ3n) is 2.86. The highest BCUT2D eigenvalue weighted by Crippen LogP contribution is 2.22. The van der Waals surface area contributed by atoms with Crippen LogP contribution in [0.1, 0.15) is 24.8 Å². The number of para-hydroxylation sites is 1. The Bertz CT molecular complexity index is 334. The van der Waals surface area contributed by atoms with E-state index >= 15 is 0 Å². The van der Waals surface area contributed by atoms with Crippen molar-refractivity contribution in [3.8, 4) is 0 Å². The van der Waals surface area contributed by atoms with Crippen molar-refractivity contribution in [3.63, 3.8) is 0 Å². The van der Waals surface area contributed by atoms with Crippen LogP contribution in [0.5, 0.6) is 0 Å². The molecule has 0 aliphatic carbocycles. The Labute approximate surface area is 89.2 Å². The Morgan fingerprint density at radius 3 is 3.00 bits per heavy atom. The number of halogens is 1. The fourth-order valence-corrected chi connectivity index (χ4v) is 1.97. The molecule has 15 heavy (non-hydrogen) atoms. The van der Waals surface area contributed by atoms with Gasteiger partial charge >= 0.3 is 0 Å². The van der Waals surface area contributed by atoms with E-state index in [1.54, 1.807) is 6.07 Å². The largest absolute Gasteiger partial charge is 0.396 e. The number of nitrogens with two attached hydrogens (primary N) is 1. The molecule has 0 aromatic heterocycles. The van der Waals surface area contributed by atoms with Gasteiger partial charge in [-0.3, -0.25) is 0 Å². The van der Waals surface area contributed by atoms with Gasteiger partial charge in [-0.25, -0.2) is 4.39 Å². The normalized spacial score (nSPS) is 21.5. The molecular weight excluding hydrogens is 193 g/mol. The molecule has 82 valence electrons. The molecular formula is C12H16FNO. The molecule has 0 bridgehead atoms. The van der Waals surface area contributed by atoms with Crippen molar-refractivity contribution in [2.75, 3.05) is 12.3 Å². The first-order valence-corrected chi connectivity index (χ1v) is 5.42. The van der Waals surface area contributed by atoms with E-state index < -0.39 is 0 Å². The number of nitrogen functional groups attached to an aromatic ring is 1. The van der Waals surface area contributed by atoms with E-state index in [9.17, 15) is 4.39 Å². The van der Waals surface area contributed by atoms with Gasteiger partial charge in [0.15, 0.2) is 0 Å². The third-order valence-corrected chi connectivity index (χ3v) is 2.86. The summed E-state index contributed by atoms with van der Waals surface area (Å²) >= 11 is 0. The zero-order valence-corrected chi connectivity index (χ0v) is 8.71. The maximum Gasteiger partial charge on any atom is 0.146 e. The Hall–Kier alpha value is -1.09. The minimum Gasteiger partial charge on any atom is -0.396 e. The topological polar surface area (TPSA) is 35.2 Å². The monoisotopic (exact) mass is 209 g/mol. The molecule has 0 saturated carbocycles.